The van der Waals surface area contributed by atoms with Crippen LogP contribution in [0.25, 0.3) is 0 Å². The minimum absolute atomic E-state index is 0.00609. The second-order valence-corrected chi connectivity index (χ2v) is 5.89. The van der Waals surface area contributed by atoms with Crippen molar-refractivity contribution < 1.29 is 24.1 Å². The Balaban J connectivity index is 2.81. The van der Waals surface area contributed by atoms with E-state index in [2.05, 4.69) is 6.92 Å². The first-order chi connectivity index (χ1) is 11.6. The molecule has 0 saturated carbocycles. The summed E-state index contributed by atoms with van der Waals surface area (Å²) in [4.78, 5) is 12.5. The van der Waals surface area contributed by atoms with Crippen LogP contribution in [0.15, 0.2) is 30.3 Å². The van der Waals surface area contributed by atoms with Crippen LogP contribution in [0.3, 0.4) is 0 Å². The number of carbonyl (C=O) groups excluding carboxylic acids is 1. The van der Waals surface area contributed by atoms with Crippen molar-refractivity contribution in [3.63, 3.8) is 0 Å². The second kappa shape index (κ2) is 11.3. The minimum Gasteiger partial charge on any atom is -0.382 e. The van der Waals surface area contributed by atoms with Gasteiger partial charge in [0.1, 0.15) is 12.2 Å². The zero-order chi connectivity index (χ0) is 17.9. The summed E-state index contributed by atoms with van der Waals surface area (Å²) in [5, 5.41) is 10.5. The maximum Gasteiger partial charge on any atom is 0.194 e. The van der Waals surface area contributed by atoms with E-state index in [1.165, 1.54) is 7.11 Å². The molecule has 0 amide bonds. The molecule has 0 aliphatic rings. The Bertz CT molecular complexity index is 462. The Morgan fingerprint density at radius 2 is 1.75 bits per heavy atom. The molecule has 24 heavy (non-hydrogen) atoms. The van der Waals surface area contributed by atoms with Crippen LogP contribution in [-0.4, -0.2) is 56.6 Å². The predicted molar refractivity (Wildman–Crippen MR) is 93.3 cm³/mol. The average Bonchev–Trinajstić information content (AvgIpc) is 2.64. The Labute approximate surface area is 144 Å². The first kappa shape index (κ1) is 20.8. The van der Waals surface area contributed by atoms with Crippen molar-refractivity contribution >= 4 is 5.78 Å². The summed E-state index contributed by atoms with van der Waals surface area (Å²) in [5.74, 6) is -0.368. The van der Waals surface area contributed by atoms with Crippen LogP contribution < -0.4 is 0 Å². The van der Waals surface area contributed by atoms with E-state index in [4.69, 9.17) is 14.2 Å². The van der Waals surface area contributed by atoms with Crippen molar-refractivity contribution in [3.05, 3.63) is 35.9 Å². The second-order valence-electron chi connectivity index (χ2n) is 5.89. The van der Waals surface area contributed by atoms with Crippen LogP contribution in [-0.2, 0) is 14.2 Å². The molecule has 1 rings (SSSR count). The molecule has 0 fully saturated rings. The minimum atomic E-state index is -1.29. The average molecular weight is 338 g/mol. The first-order valence-electron chi connectivity index (χ1n) is 8.44. The molecule has 0 heterocycles. The molecule has 0 aromatic heterocycles. The first-order valence-corrected chi connectivity index (χ1v) is 8.44. The van der Waals surface area contributed by atoms with E-state index >= 15 is 0 Å². The van der Waals surface area contributed by atoms with Crippen molar-refractivity contribution in [2.75, 3.05) is 21.3 Å². The molecule has 1 aromatic rings. The number of hydrogen-bond acceptors (Lipinski definition) is 5. The molecular weight excluding hydrogens is 308 g/mol. The number of carbonyl (C=O) groups is 1. The Morgan fingerprint density at radius 3 is 2.25 bits per heavy atom. The van der Waals surface area contributed by atoms with E-state index in [0.29, 0.717) is 12.0 Å². The maximum atomic E-state index is 12.5. The van der Waals surface area contributed by atoms with E-state index in [-0.39, 0.29) is 11.9 Å². The third-order valence-electron chi connectivity index (χ3n) is 4.29. The van der Waals surface area contributed by atoms with Gasteiger partial charge in [-0.3, -0.25) is 4.79 Å². The highest BCUT2D eigenvalue weighted by Crippen LogP contribution is 2.20. The van der Waals surface area contributed by atoms with Crippen molar-refractivity contribution in [1.82, 2.24) is 0 Å². The number of Topliss-reactive ketones (excluding diaryl/α,β-unsaturated/α-hetero) is 1. The molecule has 0 bridgehead atoms. The fourth-order valence-electron chi connectivity index (χ4n) is 2.79. The number of methoxy groups -OCH3 is 3. The van der Waals surface area contributed by atoms with Crippen molar-refractivity contribution in [3.8, 4) is 0 Å². The van der Waals surface area contributed by atoms with Crippen LogP contribution in [0.4, 0.5) is 0 Å². The lowest BCUT2D eigenvalue weighted by atomic mass is 9.94. The smallest absolute Gasteiger partial charge is 0.194 e. The van der Waals surface area contributed by atoms with Gasteiger partial charge < -0.3 is 19.3 Å². The topological polar surface area (TPSA) is 65.0 Å². The summed E-state index contributed by atoms with van der Waals surface area (Å²) in [6, 6.07) is 8.72. The molecule has 0 radical (unpaired) electrons. The van der Waals surface area contributed by atoms with Crippen LogP contribution in [0.1, 0.15) is 43.0 Å². The van der Waals surface area contributed by atoms with Crippen molar-refractivity contribution in [1.29, 1.82) is 0 Å². The lowest BCUT2D eigenvalue weighted by molar-refractivity contribution is -0.0999. The molecule has 1 N–H and O–H groups in total. The number of benzene rings is 1. The summed E-state index contributed by atoms with van der Waals surface area (Å²) < 4.78 is 16.4. The number of aliphatic hydroxyl groups is 1. The van der Waals surface area contributed by atoms with E-state index in [9.17, 15) is 9.90 Å². The molecule has 1 aromatic carbocycles. The number of ketones is 1. The van der Waals surface area contributed by atoms with Gasteiger partial charge in [0.05, 0.1) is 12.2 Å². The van der Waals surface area contributed by atoms with E-state index < -0.39 is 18.3 Å². The highest BCUT2D eigenvalue weighted by Gasteiger charge is 2.35. The Morgan fingerprint density at radius 1 is 1.08 bits per heavy atom. The molecule has 0 spiro atoms. The fourth-order valence-corrected chi connectivity index (χ4v) is 2.79. The summed E-state index contributed by atoms with van der Waals surface area (Å²) in [5.41, 5.74) is 0.455. The Kier molecular flexibility index (Phi) is 9.79. The van der Waals surface area contributed by atoms with Crippen molar-refractivity contribution in [2.45, 2.75) is 57.0 Å². The molecule has 0 saturated heterocycles. The van der Waals surface area contributed by atoms with E-state index in [0.717, 1.165) is 19.3 Å². The lowest BCUT2D eigenvalue weighted by Crippen LogP contribution is -2.46. The van der Waals surface area contributed by atoms with Gasteiger partial charge >= 0.3 is 0 Å². The molecule has 4 unspecified atom stereocenters. The van der Waals surface area contributed by atoms with Gasteiger partial charge in [-0.1, -0.05) is 50.1 Å². The molecular formula is C19H30O5. The molecule has 5 heteroatoms. The third kappa shape index (κ3) is 5.98. The number of ether oxygens (including phenoxy) is 3. The summed E-state index contributed by atoms with van der Waals surface area (Å²) in [6.45, 7) is 2.13. The van der Waals surface area contributed by atoms with Crippen LogP contribution in [0.2, 0.25) is 0 Å². The third-order valence-corrected chi connectivity index (χ3v) is 4.29. The van der Waals surface area contributed by atoms with Gasteiger partial charge in [-0.2, -0.15) is 0 Å². The lowest BCUT2D eigenvalue weighted by Gasteiger charge is -2.30. The molecule has 0 aliphatic carbocycles. The SMILES string of the molecule is CCCCC(CC(OC)C(OC)C(O)C(=O)c1ccccc1)OC. The largest absolute Gasteiger partial charge is 0.382 e. The monoisotopic (exact) mass is 338 g/mol. The summed E-state index contributed by atoms with van der Waals surface area (Å²) in [7, 11) is 4.70. The summed E-state index contributed by atoms with van der Waals surface area (Å²) >= 11 is 0. The zero-order valence-corrected chi connectivity index (χ0v) is 15.1. The van der Waals surface area contributed by atoms with Crippen LogP contribution in [0, 0.1) is 0 Å². The molecule has 136 valence electrons. The van der Waals surface area contributed by atoms with Gasteiger partial charge in [-0.05, 0) is 6.42 Å². The predicted octanol–water partition coefficient (Wildman–Crippen LogP) is 2.86. The van der Waals surface area contributed by atoms with Gasteiger partial charge in [-0.25, -0.2) is 0 Å². The van der Waals surface area contributed by atoms with Crippen LogP contribution in [0.5, 0.6) is 0 Å². The van der Waals surface area contributed by atoms with Gasteiger partial charge in [0.2, 0.25) is 0 Å². The van der Waals surface area contributed by atoms with Crippen molar-refractivity contribution in [2.24, 2.45) is 0 Å². The number of rotatable bonds is 12. The quantitative estimate of drug-likeness (QED) is 0.594. The van der Waals surface area contributed by atoms with E-state index in [1.54, 1.807) is 38.5 Å². The summed E-state index contributed by atoms with van der Waals surface area (Å²) in [6.07, 6.45) is 1.15. The highest BCUT2D eigenvalue weighted by molar-refractivity contribution is 5.99. The molecule has 4 atom stereocenters. The molecule has 0 aliphatic heterocycles. The number of hydrogen-bond donors (Lipinski definition) is 1. The zero-order valence-electron chi connectivity index (χ0n) is 15.1. The van der Waals surface area contributed by atoms with Gasteiger partial charge in [-0.15, -0.1) is 0 Å². The highest BCUT2D eigenvalue weighted by atomic mass is 16.5. The van der Waals surface area contributed by atoms with Gasteiger partial charge in [0, 0.05) is 33.3 Å². The van der Waals surface area contributed by atoms with E-state index in [1.807, 2.05) is 6.07 Å². The van der Waals surface area contributed by atoms with Gasteiger partial charge in [0.15, 0.2) is 5.78 Å². The standard InChI is InChI=1S/C19H30O5/c1-5-6-12-15(22-2)13-16(23-3)19(24-4)18(21)17(20)14-10-8-7-9-11-14/h7-11,15-16,18-19,21H,5-6,12-13H2,1-4H3. The maximum absolute atomic E-state index is 12.5. The number of aliphatic hydroxyl groups excluding tert-OH is 1. The Hall–Kier alpha value is -1.27. The van der Waals surface area contributed by atoms with Gasteiger partial charge in [0.25, 0.3) is 0 Å². The molecule has 5 nitrogen and oxygen atoms in total. The number of unbranched alkanes of at least 4 members (excludes halogenated alkanes) is 1. The normalized spacial score (nSPS) is 16.4. The van der Waals surface area contributed by atoms with Crippen LogP contribution >= 0.6 is 0 Å². The fraction of sp³-hybridized carbons (Fsp3) is 0.632.